The molecule has 6 heteroatoms. The number of hydrogen-bond acceptors (Lipinski definition) is 4. The van der Waals surface area contributed by atoms with Crippen molar-refractivity contribution in [1.29, 1.82) is 0 Å². The summed E-state index contributed by atoms with van der Waals surface area (Å²) in [5.74, 6) is -0.421. The van der Waals surface area contributed by atoms with E-state index in [2.05, 4.69) is 10.6 Å². The summed E-state index contributed by atoms with van der Waals surface area (Å²) in [6.07, 6.45) is 5.29. The Bertz CT molecular complexity index is 429. The third-order valence-electron chi connectivity index (χ3n) is 4.54. The van der Waals surface area contributed by atoms with Crippen molar-refractivity contribution in [3.63, 3.8) is 0 Å². The fourth-order valence-electron chi connectivity index (χ4n) is 3.19. The summed E-state index contributed by atoms with van der Waals surface area (Å²) in [4.78, 5) is 23.1. The van der Waals surface area contributed by atoms with Crippen molar-refractivity contribution in [2.45, 2.75) is 77.0 Å². The number of rotatable bonds is 6. The van der Waals surface area contributed by atoms with E-state index in [1.54, 1.807) is 0 Å². The number of nitrogens with one attached hydrogen (secondary N) is 2. The van der Waals surface area contributed by atoms with E-state index >= 15 is 0 Å². The summed E-state index contributed by atoms with van der Waals surface area (Å²) in [6, 6.07) is 0.293. The van der Waals surface area contributed by atoms with Gasteiger partial charge in [-0.25, -0.2) is 4.79 Å². The van der Waals surface area contributed by atoms with Gasteiger partial charge in [0.2, 0.25) is 0 Å². The molecule has 23 heavy (non-hydrogen) atoms. The molecule has 2 saturated carbocycles. The maximum absolute atomic E-state index is 12.0. The van der Waals surface area contributed by atoms with Crippen LogP contribution in [0.4, 0.5) is 4.79 Å². The molecule has 2 rings (SSSR count). The first-order chi connectivity index (χ1) is 10.7. The minimum absolute atomic E-state index is 0.0649. The van der Waals surface area contributed by atoms with E-state index in [-0.39, 0.29) is 24.1 Å². The van der Waals surface area contributed by atoms with Gasteiger partial charge in [-0.05, 0) is 58.8 Å². The average Bonchev–Trinajstić information content (AvgIpc) is 3.26. The first-order valence-corrected chi connectivity index (χ1v) is 8.70. The highest BCUT2D eigenvalue weighted by Gasteiger charge is 2.34. The molecule has 0 aromatic rings. The summed E-state index contributed by atoms with van der Waals surface area (Å²) in [6.45, 7) is 6.24. The normalized spacial score (nSPS) is 26.4. The summed E-state index contributed by atoms with van der Waals surface area (Å²) in [5, 5.41) is 15.6. The highest BCUT2D eigenvalue weighted by molar-refractivity contribution is 5.70. The molecule has 2 aliphatic carbocycles. The zero-order chi connectivity index (χ0) is 17.0. The maximum atomic E-state index is 12.0. The van der Waals surface area contributed by atoms with Crippen LogP contribution in [0.5, 0.6) is 0 Å². The molecule has 0 saturated heterocycles. The van der Waals surface area contributed by atoms with Crippen molar-refractivity contribution in [2.24, 2.45) is 11.8 Å². The Hall–Kier alpha value is -1.30. The lowest BCUT2D eigenvalue weighted by molar-refractivity contribution is -0.143. The van der Waals surface area contributed by atoms with E-state index in [0.717, 1.165) is 32.1 Å². The van der Waals surface area contributed by atoms with Crippen LogP contribution in [-0.4, -0.2) is 41.4 Å². The van der Waals surface area contributed by atoms with Crippen LogP contribution >= 0.6 is 0 Å². The number of aliphatic carboxylic acids is 1. The van der Waals surface area contributed by atoms with Crippen LogP contribution < -0.4 is 10.6 Å². The first kappa shape index (κ1) is 18.0. The van der Waals surface area contributed by atoms with Gasteiger partial charge >= 0.3 is 12.1 Å². The van der Waals surface area contributed by atoms with Gasteiger partial charge in [0.15, 0.2) is 0 Å². The molecule has 0 aliphatic heterocycles. The highest BCUT2D eigenvalue weighted by Crippen LogP contribution is 2.33. The summed E-state index contributed by atoms with van der Waals surface area (Å²) in [7, 11) is 0. The van der Waals surface area contributed by atoms with Crippen LogP contribution in [0, 0.1) is 11.8 Å². The molecular formula is C17H30N2O4. The van der Waals surface area contributed by atoms with Gasteiger partial charge in [-0.2, -0.15) is 0 Å². The second kappa shape index (κ2) is 7.51. The lowest BCUT2D eigenvalue weighted by Gasteiger charge is -2.30. The van der Waals surface area contributed by atoms with Gasteiger partial charge in [-0.3, -0.25) is 4.79 Å². The molecule has 2 aliphatic rings. The molecule has 0 spiro atoms. The van der Waals surface area contributed by atoms with E-state index in [1.165, 1.54) is 0 Å². The Kier molecular flexibility index (Phi) is 5.89. The van der Waals surface area contributed by atoms with Crippen LogP contribution in [0.15, 0.2) is 0 Å². The van der Waals surface area contributed by atoms with E-state index < -0.39 is 11.6 Å². The maximum Gasteiger partial charge on any atom is 0.407 e. The quantitative estimate of drug-likeness (QED) is 0.698. The molecule has 1 amide bonds. The molecular weight excluding hydrogens is 296 g/mol. The average molecular weight is 326 g/mol. The second-order valence-corrected chi connectivity index (χ2v) is 7.90. The van der Waals surface area contributed by atoms with Crippen LogP contribution in [0.1, 0.15) is 59.3 Å². The van der Waals surface area contributed by atoms with Gasteiger partial charge < -0.3 is 20.5 Å². The molecule has 0 bridgehead atoms. The lowest BCUT2D eigenvalue weighted by Crippen LogP contribution is -2.48. The predicted molar refractivity (Wildman–Crippen MR) is 87.3 cm³/mol. The minimum atomic E-state index is -0.692. The second-order valence-electron chi connectivity index (χ2n) is 7.90. The lowest BCUT2D eigenvalue weighted by atomic mass is 9.85. The Morgan fingerprint density at radius 3 is 2.48 bits per heavy atom. The number of carbonyl (C=O) groups is 2. The third-order valence-corrected chi connectivity index (χ3v) is 4.54. The SMILES string of the molecule is CC(C)(C)OC(=O)NC(CNC1CCCC(C(=O)O)C1)C1CC1. The van der Waals surface area contributed by atoms with Crippen molar-refractivity contribution in [2.75, 3.05) is 6.54 Å². The molecule has 2 fully saturated rings. The molecule has 0 aromatic heterocycles. The minimum Gasteiger partial charge on any atom is -0.481 e. The third kappa shape index (κ3) is 6.37. The zero-order valence-corrected chi connectivity index (χ0v) is 14.4. The van der Waals surface area contributed by atoms with Crippen molar-refractivity contribution in [3.05, 3.63) is 0 Å². The molecule has 3 atom stereocenters. The van der Waals surface area contributed by atoms with Gasteiger partial charge in [0.05, 0.1) is 5.92 Å². The molecule has 3 N–H and O–H groups in total. The first-order valence-electron chi connectivity index (χ1n) is 8.70. The largest absolute Gasteiger partial charge is 0.481 e. The van der Waals surface area contributed by atoms with Crippen molar-refractivity contribution < 1.29 is 19.4 Å². The monoisotopic (exact) mass is 326 g/mol. The van der Waals surface area contributed by atoms with Crippen LogP contribution in [-0.2, 0) is 9.53 Å². The summed E-state index contributed by atoms with van der Waals surface area (Å²) in [5.41, 5.74) is -0.496. The number of hydrogen-bond donors (Lipinski definition) is 3. The van der Waals surface area contributed by atoms with Crippen molar-refractivity contribution in [1.82, 2.24) is 10.6 Å². The van der Waals surface area contributed by atoms with E-state index in [1.807, 2.05) is 20.8 Å². The summed E-state index contributed by atoms with van der Waals surface area (Å²) < 4.78 is 5.33. The van der Waals surface area contributed by atoms with Crippen LogP contribution in [0.2, 0.25) is 0 Å². The van der Waals surface area contributed by atoms with Crippen LogP contribution in [0.3, 0.4) is 0 Å². The van der Waals surface area contributed by atoms with E-state index in [4.69, 9.17) is 9.84 Å². The highest BCUT2D eigenvalue weighted by atomic mass is 16.6. The molecule has 6 nitrogen and oxygen atoms in total. The number of alkyl carbamates (subject to hydrolysis) is 1. The van der Waals surface area contributed by atoms with Crippen molar-refractivity contribution >= 4 is 12.1 Å². The number of carboxylic acids is 1. The molecule has 0 radical (unpaired) electrons. The van der Waals surface area contributed by atoms with E-state index in [9.17, 15) is 9.59 Å². The van der Waals surface area contributed by atoms with Crippen LogP contribution in [0.25, 0.3) is 0 Å². The number of ether oxygens (including phenoxy) is 1. The van der Waals surface area contributed by atoms with Gasteiger partial charge in [0.25, 0.3) is 0 Å². The Balaban J connectivity index is 1.78. The molecule has 3 unspecified atom stereocenters. The topological polar surface area (TPSA) is 87.7 Å². The molecule has 132 valence electrons. The van der Waals surface area contributed by atoms with Gasteiger partial charge in [0, 0.05) is 18.6 Å². The molecule has 0 heterocycles. The number of carbonyl (C=O) groups excluding carboxylic acids is 1. The Labute approximate surface area is 138 Å². The summed E-state index contributed by atoms with van der Waals surface area (Å²) >= 11 is 0. The Morgan fingerprint density at radius 2 is 1.91 bits per heavy atom. The van der Waals surface area contributed by atoms with E-state index in [0.29, 0.717) is 18.9 Å². The fourth-order valence-corrected chi connectivity index (χ4v) is 3.19. The fraction of sp³-hybridized carbons (Fsp3) is 0.882. The van der Waals surface area contributed by atoms with Crippen molar-refractivity contribution in [3.8, 4) is 0 Å². The van der Waals surface area contributed by atoms with Gasteiger partial charge in [0.1, 0.15) is 5.60 Å². The number of carboxylic acid groups (broad SMARTS) is 1. The Morgan fingerprint density at radius 1 is 1.22 bits per heavy atom. The standard InChI is InChI=1S/C17H30N2O4/c1-17(2,3)23-16(22)19-14(11-7-8-11)10-18-13-6-4-5-12(9-13)15(20)21/h11-14,18H,4-10H2,1-3H3,(H,19,22)(H,20,21). The smallest absolute Gasteiger partial charge is 0.407 e. The molecule has 0 aromatic carbocycles. The zero-order valence-electron chi connectivity index (χ0n) is 14.4. The van der Waals surface area contributed by atoms with Gasteiger partial charge in [-0.1, -0.05) is 6.42 Å². The predicted octanol–water partition coefficient (Wildman–Crippen LogP) is 2.52. The number of amides is 1. The van der Waals surface area contributed by atoms with Gasteiger partial charge in [-0.15, -0.1) is 0 Å².